The van der Waals surface area contributed by atoms with Crippen LogP contribution in [0.5, 0.6) is 5.75 Å². The maximum absolute atomic E-state index is 12.1. The monoisotopic (exact) mass is 369 g/mol. The van der Waals surface area contributed by atoms with Gasteiger partial charge in [0.05, 0.1) is 6.61 Å². The van der Waals surface area contributed by atoms with Crippen molar-refractivity contribution >= 4 is 11.9 Å². The van der Waals surface area contributed by atoms with E-state index in [1.54, 1.807) is 6.92 Å². The van der Waals surface area contributed by atoms with Gasteiger partial charge in [-0.2, -0.15) is 0 Å². The Morgan fingerprint density at radius 3 is 2.48 bits per heavy atom. The van der Waals surface area contributed by atoms with Gasteiger partial charge in [-0.3, -0.25) is 9.59 Å². The molecule has 144 valence electrons. The number of carbonyl (C=O) groups is 2. The van der Waals surface area contributed by atoms with Crippen molar-refractivity contribution in [3.63, 3.8) is 0 Å². The van der Waals surface area contributed by atoms with E-state index in [1.165, 1.54) is 5.56 Å². The van der Waals surface area contributed by atoms with Gasteiger partial charge >= 0.3 is 5.97 Å². The highest BCUT2D eigenvalue weighted by Gasteiger charge is 2.17. The first kappa shape index (κ1) is 20.5. The van der Waals surface area contributed by atoms with Crippen molar-refractivity contribution in [2.75, 3.05) is 6.61 Å². The van der Waals surface area contributed by atoms with Crippen LogP contribution in [0, 0.1) is 13.8 Å². The van der Waals surface area contributed by atoms with Crippen LogP contribution in [0.1, 0.15) is 36.5 Å². The van der Waals surface area contributed by atoms with Crippen molar-refractivity contribution in [1.29, 1.82) is 0 Å². The second-order valence-corrected chi connectivity index (χ2v) is 6.60. The predicted molar refractivity (Wildman–Crippen MR) is 104 cm³/mol. The average Bonchev–Trinajstić information content (AvgIpc) is 2.64. The third-order valence-corrected chi connectivity index (χ3v) is 4.05. The fraction of sp³-hybridized carbons (Fsp3) is 0.364. The Labute approximate surface area is 160 Å². The second-order valence-electron chi connectivity index (χ2n) is 6.60. The number of esters is 1. The summed E-state index contributed by atoms with van der Waals surface area (Å²) >= 11 is 0. The SMILES string of the molecule is Cc1ccc(CNC(=O)[C@H](C)OC(=O)CCCOc2cccc(C)c2)cc1. The van der Waals surface area contributed by atoms with Gasteiger partial charge in [0.25, 0.3) is 5.91 Å². The standard InChI is InChI=1S/C22H27NO4/c1-16-9-11-19(12-10-16)15-23-22(25)18(3)27-21(24)8-5-13-26-20-7-4-6-17(2)14-20/h4,6-7,9-12,14,18H,5,8,13,15H2,1-3H3,(H,23,25)/t18-/m0/s1. The number of amides is 1. The first-order chi connectivity index (χ1) is 12.9. The van der Waals surface area contributed by atoms with Crippen molar-refractivity contribution < 1.29 is 19.1 Å². The largest absolute Gasteiger partial charge is 0.494 e. The summed E-state index contributed by atoms with van der Waals surface area (Å²) in [4.78, 5) is 23.9. The molecule has 0 aliphatic heterocycles. The molecule has 0 radical (unpaired) electrons. The Morgan fingerprint density at radius 2 is 1.78 bits per heavy atom. The molecule has 0 spiro atoms. The molecule has 5 heteroatoms. The summed E-state index contributed by atoms with van der Waals surface area (Å²) in [5.74, 6) is 0.0768. The van der Waals surface area contributed by atoms with E-state index in [1.807, 2.05) is 62.4 Å². The van der Waals surface area contributed by atoms with Crippen LogP contribution >= 0.6 is 0 Å². The molecule has 0 unspecified atom stereocenters. The molecule has 0 bridgehead atoms. The first-order valence-electron chi connectivity index (χ1n) is 9.16. The van der Waals surface area contributed by atoms with Crippen molar-refractivity contribution in [2.24, 2.45) is 0 Å². The van der Waals surface area contributed by atoms with E-state index >= 15 is 0 Å². The highest BCUT2D eigenvalue weighted by atomic mass is 16.5. The lowest BCUT2D eigenvalue weighted by Gasteiger charge is -2.14. The van der Waals surface area contributed by atoms with Gasteiger partial charge in [0.15, 0.2) is 6.10 Å². The minimum absolute atomic E-state index is 0.210. The van der Waals surface area contributed by atoms with E-state index in [9.17, 15) is 9.59 Å². The van der Waals surface area contributed by atoms with Gasteiger partial charge in [-0.1, -0.05) is 42.0 Å². The molecule has 1 N–H and O–H groups in total. The molecule has 0 aliphatic carbocycles. The third-order valence-electron chi connectivity index (χ3n) is 4.05. The molecule has 2 rings (SSSR count). The number of benzene rings is 2. The number of aryl methyl sites for hydroxylation is 2. The van der Waals surface area contributed by atoms with Crippen molar-refractivity contribution in [1.82, 2.24) is 5.32 Å². The summed E-state index contributed by atoms with van der Waals surface area (Å²) in [5.41, 5.74) is 3.29. The third kappa shape index (κ3) is 7.52. The Hall–Kier alpha value is -2.82. The van der Waals surface area contributed by atoms with Gasteiger partial charge in [-0.25, -0.2) is 0 Å². The minimum Gasteiger partial charge on any atom is -0.494 e. The molecule has 0 saturated carbocycles. The maximum Gasteiger partial charge on any atom is 0.306 e. The summed E-state index contributed by atoms with van der Waals surface area (Å²) in [5, 5.41) is 2.78. The zero-order chi connectivity index (χ0) is 19.6. The van der Waals surface area contributed by atoms with Gasteiger partial charge in [0.1, 0.15) is 5.75 Å². The van der Waals surface area contributed by atoms with Crippen LogP contribution in [-0.2, 0) is 20.9 Å². The van der Waals surface area contributed by atoms with Crippen molar-refractivity contribution in [2.45, 2.75) is 46.3 Å². The summed E-state index contributed by atoms with van der Waals surface area (Å²) < 4.78 is 10.8. The highest BCUT2D eigenvalue weighted by Crippen LogP contribution is 2.13. The van der Waals surface area contributed by atoms with E-state index < -0.39 is 12.1 Å². The van der Waals surface area contributed by atoms with Crippen molar-refractivity contribution in [3.8, 4) is 5.75 Å². The fourth-order valence-corrected chi connectivity index (χ4v) is 2.46. The number of hydrogen-bond donors (Lipinski definition) is 1. The lowest BCUT2D eigenvalue weighted by molar-refractivity contribution is -0.155. The molecule has 1 amide bonds. The van der Waals surface area contributed by atoms with Gasteiger partial charge in [-0.15, -0.1) is 0 Å². The van der Waals surface area contributed by atoms with Gasteiger partial charge in [0, 0.05) is 13.0 Å². The quantitative estimate of drug-likeness (QED) is 0.541. The number of carbonyl (C=O) groups excluding carboxylic acids is 2. The molecule has 0 aromatic heterocycles. The number of ether oxygens (including phenoxy) is 2. The topological polar surface area (TPSA) is 64.6 Å². The highest BCUT2D eigenvalue weighted by molar-refractivity contribution is 5.83. The Kier molecular flexibility index (Phi) is 7.86. The number of hydrogen-bond acceptors (Lipinski definition) is 4. The predicted octanol–water partition coefficient (Wildman–Crippen LogP) is 3.71. The van der Waals surface area contributed by atoms with Gasteiger partial charge in [-0.05, 0) is 50.5 Å². The second kappa shape index (κ2) is 10.4. The number of nitrogens with one attached hydrogen (secondary N) is 1. The first-order valence-corrected chi connectivity index (χ1v) is 9.16. The van der Waals surface area contributed by atoms with Crippen LogP contribution in [0.3, 0.4) is 0 Å². The van der Waals surface area contributed by atoms with Crippen LogP contribution in [0.4, 0.5) is 0 Å². The molecular weight excluding hydrogens is 342 g/mol. The lowest BCUT2D eigenvalue weighted by atomic mass is 10.1. The van der Waals surface area contributed by atoms with E-state index in [-0.39, 0.29) is 12.3 Å². The molecule has 2 aromatic rings. The minimum atomic E-state index is -0.819. The maximum atomic E-state index is 12.1. The summed E-state index contributed by atoms with van der Waals surface area (Å²) in [6.45, 7) is 6.41. The molecular formula is C22H27NO4. The zero-order valence-corrected chi connectivity index (χ0v) is 16.2. The van der Waals surface area contributed by atoms with Gasteiger partial charge < -0.3 is 14.8 Å². The fourth-order valence-electron chi connectivity index (χ4n) is 2.46. The summed E-state index contributed by atoms with van der Waals surface area (Å²) in [6, 6.07) is 15.6. The smallest absolute Gasteiger partial charge is 0.306 e. The van der Waals surface area contributed by atoms with Crippen LogP contribution in [0.15, 0.2) is 48.5 Å². The van der Waals surface area contributed by atoms with Gasteiger partial charge in [0.2, 0.25) is 0 Å². The van der Waals surface area contributed by atoms with Crippen molar-refractivity contribution in [3.05, 3.63) is 65.2 Å². The molecule has 0 aliphatic rings. The molecule has 2 aromatic carbocycles. The summed E-state index contributed by atoms with van der Waals surface area (Å²) in [7, 11) is 0. The Balaban J connectivity index is 1.63. The van der Waals surface area contributed by atoms with Crippen LogP contribution in [0.25, 0.3) is 0 Å². The number of rotatable bonds is 9. The molecule has 5 nitrogen and oxygen atoms in total. The lowest BCUT2D eigenvalue weighted by Crippen LogP contribution is -2.35. The Morgan fingerprint density at radius 1 is 1.04 bits per heavy atom. The molecule has 0 saturated heterocycles. The summed E-state index contributed by atoms with van der Waals surface area (Å²) in [6.07, 6.45) is -0.0769. The molecule has 0 heterocycles. The zero-order valence-electron chi connectivity index (χ0n) is 16.2. The van der Waals surface area contributed by atoms with Crippen LogP contribution in [-0.4, -0.2) is 24.6 Å². The average molecular weight is 369 g/mol. The van der Waals surface area contributed by atoms with E-state index in [2.05, 4.69) is 5.32 Å². The van der Waals surface area contributed by atoms with E-state index in [4.69, 9.17) is 9.47 Å². The van der Waals surface area contributed by atoms with Crippen LogP contribution < -0.4 is 10.1 Å². The van der Waals surface area contributed by atoms with Crippen LogP contribution in [0.2, 0.25) is 0 Å². The normalized spacial score (nSPS) is 11.5. The van der Waals surface area contributed by atoms with E-state index in [0.29, 0.717) is 19.6 Å². The molecule has 1 atom stereocenters. The Bertz CT molecular complexity index is 755. The van der Waals surface area contributed by atoms with E-state index in [0.717, 1.165) is 16.9 Å². The molecule has 27 heavy (non-hydrogen) atoms. The molecule has 0 fully saturated rings.